The van der Waals surface area contributed by atoms with Gasteiger partial charge in [-0.3, -0.25) is 9.59 Å². The number of hydrogen-bond donors (Lipinski definition) is 1. The number of amides is 2. The molecule has 2 amide bonds. The molecule has 130 valence electrons. The topological polar surface area (TPSA) is 49.4 Å². The van der Waals surface area contributed by atoms with Crippen LogP contribution in [0.4, 0.5) is 10.1 Å². The summed E-state index contributed by atoms with van der Waals surface area (Å²) in [6.45, 7) is 3.49. The summed E-state index contributed by atoms with van der Waals surface area (Å²) in [5.74, 6) is -1.07. The molecule has 4 nitrogen and oxygen atoms in total. The summed E-state index contributed by atoms with van der Waals surface area (Å²) >= 11 is 6.16. The van der Waals surface area contributed by atoms with E-state index in [1.807, 2.05) is 0 Å². The summed E-state index contributed by atoms with van der Waals surface area (Å²) in [6.07, 6.45) is 0. The van der Waals surface area contributed by atoms with Gasteiger partial charge in [-0.15, -0.1) is 0 Å². The van der Waals surface area contributed by atoms with Gasteiger partial charge in [-0.2, -0.15) is 0 Å². The van der Waals surface area contributed by atoms with E-state index in [0.29, 0.717) is 16.3 Å². The molecule has 1 N–H and O–H groups in total. The fourth-order valence-corrected chi connectivity index (χ4v) is 3.20. The summed E-state index contributed by atoms with van der Waals surface area (Å²) < 4.78 is 13.4. The molecule has 2 aromatic carbocycles. The van der Waals surface area contributed by atoms with Gasteiger partial charge in [0.1, 0.15) is 12.4 Å². The lowest BCUT2D eigenvalue weighted by Crippen LogP contribution is -2.41. The van der Waals surface area contributed by atoms with Gasteiger partial charge >= 0.3 is 0 Å². The quantitative estimate of drug-likeness (QED) is 0.879. The molecular weight excluding hydrogens is 343 g/mol. The highest BCUT2D eigenvalue weighted by atomic mass is 35.5. The number of halogens is 2. The third-order valence-electron chi connectivity index (χ3n) is 4.17. The maximum atomic E-state index is 13.4. The van der Waals surface area contributed by atoms with Crippen LogP contribution in [0.15, 0.2) is 42.5 Å². The Hall–Kier alpha value is -2.40. The number of nitrogens with zero attached hydrogens (tertiary/aromatic N) is 1. The molecule has 0 saturated carbocycles. The van der Waals surface area contributed by atoms with Crippen molar-refractivity contribution in [3.05, 3.63) is 64.4 Å². The molecule has 2 aromatic rings. The van der Waals surface area contributed by atoms with E-state index in [2.05, 4.69) is 5.32 Å². The lowest BCUT2D eigenvalue weighted by molar-refractivity contribution is -0.139. The first-order valence-electron chi connectivity index (χ1n) is 8.02. The van der Waals surface area contributed by atoms with Gasteiger partial charge in [-0.1, -0.05) is 37.6 Å². The third-order valence-corrected chi connectivity index (χ3v) is 4.41. The standard InChI is InChI=1S/C19H18ClFN2O2/c1-11(2)19(25)23-10-17(24)22-16-8-5-13(20)9-15(16)18(23)12-3-6-14(21)7-4-12/h3-9,11,18H,10H2,1-2H3,(H,22,24)/t18-/m0/s1. The Kier molecular flexibility index (Phi) is 4.77. The molecule has 0 radical (unpaired) electrons. The minimum absolute atomic E-state index is 0.0780. The van der Waals surface area contributed by atoms with Gasteiger partial charge in [-0.05, 0) is 35.9 Å². The Morgan fingerprint density at radius 1 is 1.24 bits per heavy atom. The van der Waals surface area contributed by atoms with Gasteiger partial charge in [0.2, 0.25) is 11.8 Å². The van der Waals surface area contributed by atoms with Crippen molar-refractivity contribution in [1.29, 1.82) is 0 Å². The molecule has 0 saturated heterocycles. The second-order valence-electron chi connectivity index (χ2n) is 6.35. The van der Waals surface area contributed by atoms with Crippen molar-refractivity contribution < 1.29 is 14.0 Å². The Labute approximate surface area is 150 Å². The number of carbonyl (C=O) groups is 2. The van der Waals surface area contributed by atoms with Crippen LogP contribution in [-0.4, -0.2) is 23.3 Å². The van der Waals surface area contributed by atoms with Gasteiger partial charge in [0.15, 0.2) is 0 Å². The van der Waals surface area contributed by atoms with E-state index < -0.39 is 6.04 Å². The van der Waals surface area contributed by atoms with Crippen LogP contribution in [0.25, 0.3) is 0 Å². The second-order valence-corrected chi connectivity index (χ2v) is 6.79. The molecule has 0 spiro atoms. The lowest BCUT2D eigenvalue weighted by Gasteiger charge is -2.32. The number of fused-ring (bicyclic) bond motifs is 1. The second kappa shape index (κ2) is 6.84. The minimum atomic E-state index is -0.525. The highest BCUT2D eigenvalue weighted by Gasteiger charge is 2.34. The van der Waals surface area contributed by atoms with Gasteiger partial charge in [-0.25, -0.2) is 4.39 Å². The number of benzene rings is 2. The van der Waals surface area contributed by atoms with E-state index in [1.165, 1.54) is 17.0 Å². The number of anilines is 1. The Morgan fingerprint density at radius 2 is 1.92 bits per heavy atom. The highest BCUT2D eigenvalue weighted by molar-refractivity contribution is 6.30. The van der Waals surface area contributed by atoms with Gasteiger partial charge in [0.05, 0.1) is 6.04 Å². The van der Waals surface area contributed by atoms with Crippen LogP contribution in [0.3, 0.4) is 0 Å². The van der Waals surface area contributed by atoms with Gasteiger partial charge in [0.25, 0.3) is 0 Å². The normalized spacial score (nSPS) is 17.1. The number of rotatable bonds is 2. The number of carbonyl (C=O) groups excluding carboxylic acids is 2. The van der Waals surface area contributed by atoms with Crippen LogP contribution in [0.2, 0.25) is 5.02 Å². The number of nitrogens with one attached hydrogen (secondary N) is 1. The largest absolute Gasteiger partial charge is 0.324 e. The van der Waals surface area contributed by atoms with Crippen LogP contribution in [0.5, 0.6) is 0 Å². The van der Waals surface area contributed by atoms with Crippen molar-refractivity contribution in [3.8, 4) is 0 Å². The van der Waals surface area contributed by atoms with Crippen molar-refractivity contribution >= 4 is 29.1 Å². The predicted octanol–water partition coefficient (Wildman–Crippen LogP) is 4.01. The van der Waals surface area contributed by atoms with E-state index in [-0.39, 0.29) is 30.1 Å². The van der Waals surface area contributed by atoms with Gasteiger partial charge < -0.3 is 10.2 Å². The Morgan fingerprint density at radius 3 is 2.56 bits per heavy atom. The Bertz CT molecular complexity index is 821. The summed E-state index contributed by atoms with van der Waals surface area (Å²) in [7, 11) is 0. The number of hydrogen-bond acceptors (Lipinski definition) is 2. The SMILES string of the molecule is CC(C)C(=O)N1CC(=O)Nc2ccc(Cl)cc2[C@@H]1c1ccc(F)cc1. The Balaban J connectivity index is 2.21. The zero-order valence-electron chi connectivity index (χ0n) is 13.9. The van der Waals surface area contributed by atoms with E-state index in [1.54, 1.807) is 44.2 Å². The average molecular weight is 361 g/mol. The fourth-order valence-electron chi connectivity index (χ4n) is 3.02. The maximum absolute atomic E-state index is 13.4. The van der Waals surface area contributed by atoms with Crippen molar-refractivity contribution in [2.45, 2.75) is 19.9 Å². The van der Waals surface area contributed by atoms with E-state index in [4.69, 9.17) is 11.6 Å². The molecule has 1 heterocycles. The van der Waals surface area contributed by atoms with Gasteiger partial charge in [0, 0.05) is 22.2 Å². The third kappa shape index (κ3) is 3.51. The molecular formula is C19H18ClFN2O2. The molecule has 0 bridgehead atoms. The molecule has 1 atom stereocenters. The summed E-state index contributed by atoms with van der Waals surface area (Å²) in [5.41, 5.74) is 2.03. The zero-order chi connectivity index (χ0) is 18.1. The first-order valence-corrected chi connectivity index (χ1v) is 8.40. The van der Waals surface area contributed by atoms with E-state index >= 15 is 0 Å². The smallest absolute Gasteiger partial charge is 0.244 e. The van der Waals surface area contributed by atoms with Crippen molar-refractivity contribution in [3.63, 3.8) is 0 Å². The van der Waals surface area contributed by atoms with Crippen LogP contribution in [0, 0.1) is 11.7 Å². The summed E-state index contributed by atoms with van der Waals surface area (Å²) in [5, 5.41) is 3.32. The van der Waals surface area contributed by atoms with E-state index in [0.717, 1.165) is 5.56 Å². The highest BCUT2D eigenvalue weighted by Crippen LogP contribution is 2.37. The first kappa shape index (κ1) is 17.4. The molecule has 0 fully saturated rings. The molecule has 6 heteroatoms. The molecule has 0 aromatic heterocycles. The summed E-state index contributed by atoms with van der Waals surface area (Å²) in [4.78, 5) is 26.6. The monoisotopic (exact) mass is 360 g/mol. The van der Waals surface area contributed by atoms with Crippen molar-refractivity contribution in [2.75, 3.05) is 11.9 Å². The molecule has 1 aliphatic rings. The molecule has 0 unspecified atom stereocenters. The zero-order valence-corrected chi connectivity index (χ0v) is 14.7. The molecule has 1 aliphatic heterocycles. The van der Waals surface area contributed by atoms with Crippen LogP contribution >= 0.6 is 11.6 Å². The molecule has 0 aliphatic carbocycles. The summed E-state index contributed by atoms with van der Waals surface area (Å²) in [6, 6.07) is 10.6. The first-order chi connectivity index (χ1) is 11.9. The van der Waals surface area contributed by atoms with Crippen LogP contribution in [-0.2, 0) is 9.59 Å². The predicted molar refractivity (Wildman–Crippen MR) is 94.9 cm³/mol. The minimum Gasteiger partial charge on any atom is -0.324 e. The van der Waals surface area contributed by atoms with Crippen LogP contribution < -0.4 is 5.32 Å². The van der Waals surface area contributed by atoms with E-state index in [9.17, 15) is 14.0 Å². The molecule has 25 heavy (non-hydrogen) atoms. The van der Waals surface area contributed by atoms with Crippen molar-refractivity contribution in [2.24, 2.45) is 5.92 Å². The lowest BCUT2D eigenvalue weighted by atomic mass is 9.95. The fraction of sp³-hybridized carbons (Fsp3) is 0.263. The maximum Gasteiger partial charge on any atom is 0.244 e. The molecule has 3 rings (SSSR count). The van der Waals surface area contributed by atoms with Crippen molar-refractivity contribution in [1.82, 2.24) is 4.90 Å². The average Bonchev–Trinajstić information content (AvgIpc) is 2.70. The van der Waals surface area contributed by atoms with Crippen LogP contribution in [0.1, 0.15) is 31.0 Å².